The zero-order valence-electron chi connectivity index (χ0n) is 10.0. The molecule has 0 spiro atoms. The van der Waals surface area contributed by atoms with Crippen molar-refractivity contribution < 1.29 is 0 Å². The Bertz CT molecular complexity index is 782. The second kappa shape index (κ2) is 4.35. The summed E-state index contributed by atoms with van der Waals surface area (Å²) in [5.41, 5.74) is 9.75. The fraction of sp³-hybridized carbons (Fsp3) is 0. The van der Waals surface area contributed by atoms with Gasteiger partial charge in [0.15, 0.2) is 0 Å². The minimum absolute atomic E-state index is 0.603. The fourth-order valence-corrected chi connectivity index (χ4v) is 1.94. The maximum atomic E-state index is 8.88. The number of rotatable bonds is 2. The molecule has 2 aromatic carbocycles. The van der Waals surface area contributed by atoms with Crippen LogP contribution in [0.5, 0.6) is 0 Å². The summed E-state index contributed by atoms with van der Waals surface area (Å²) in [6, 6.07) is 13.1. The van der Waals surface area contributed by atoms with Crippen LogP contribution in [-0.2, 0) is 0 Å². The van der Waals surface area contributed by atoms with Crippen molar-refractivity contribution >= 4 is 28.0 Å². The highest BCUT2D eigenvalue weighted by Crippen LogP contribution is 2.27. The van der Waals surface area contributed by atoms with Gasteiger partial charge in [-0.05, 0) is 30.3 Å². The molecule has 3 aromatic rings. The number of fused-ring (bicyclic) bond motifs is 1. The van der Waals surface area contributed by atoms with Gasteiger partial charge in [0.1, 0.15) is 0 Å². The Kier molecular flexibility index (Phi) is 2.54. The van der Waals surface area contributed by atoms with Gasteiger partial charge in [0, 0.05) is 11.1 Å². The van der Waals surface area contributed by atoms with Crippen molar-refractivity contribution in [3.63, 3.8) is 0 Å². The Hall–Kier alpha value is -3.00. The number of nitrogens with one attached hydrogen (secondary N) is 2. The maximum Gasteiger partial charge on any atom is 0.0992 e. The van der Waals surface area contributed by atoms with Crippen LogP contribution in [0.25, 0.3) is 10.9 Å². The molecule has 0 fully saturated rings. The number of aromatic nitrogens is 2. The molecule has 0 aliphatic heterocycles. The van der Waals surface area contributed by atoms with Crippen LogP contribution in [0.15, 0.2) is 42.6 Å². The topological polar surface area (TPSA) is 90.5 Å². The van der Waals surface area contributed by atoms with Crippen LogP contribution in [0.3, 0.4) is 0 Å². The molecule has 0 aliphatic carbocycles. The van der Waals surface area contributed by atoms with E-state index in [1.165, 1.54) is 0 Å². The second-order valence-electron chi connectivity index (χ2n) is 4.21. The van der Waals surface area contributed by atoms with Gasteiger partial charge in [-0.15, -0.1) is 0 Å². The first-order valence-corrected chi connectivity index (χ1v) is 5.76. The lowest BCUT2D eigenvalue weighted by molar-refractivity contribution is 1.12. The molecule has 5 nitrogen and oxygen atoms in total. The van der Waals surface area contributed by atoms with E-state index in [1.807, 2.05) is 24.3 Å². The van der Waals surface area contributed by atoms with Crippen LogP contribution in [0.4, 0.5) is 17.1 Å². The van der Waals surface area contributed by atoms with Gasteiger partial charge < -0.3 is 11.1 Å². The van der Waals surface area contributed by atoms with E-state index in [9.17, 15) is 0 Å². The van der Waals surface area contributed by atoms with E-state index in [4.69, 9.17) is 11.0 Å². The number of nitrogen functional groups attached to an aromatic ring is 1. The van der Waals surface area contributed by atoms with Crippen molar-refractivity contribution in [2.24, 2.45) is 0 Å². The Morgan fingerprint density at radius 1 is 1.26 bits per heavy atom. The second-order valence-corrected chi connectivity index (χ2v) is 4.21. The monoisotopic (exact) mass is 249 g/mol. The molecule has 0 saturated heterocycles. The van der Waals surface area contributed by atoms with E-state index in [0.29, 0.717) is 11.3 Å². The summed E-state index contributed by atoms with van der Waals surface area (Å²) in [5.74, 6) is 0. The van der Waals surface area contributed by atoms with Crippen LogP contribution in [0.2, 0.25) is 0 Å². The zero-order chi connectivity index (χ0) is 13.2. The summed E-state index contributed by atoms with van der Waals surface area (Å²) < 4.78 is 0. The molecule has 3 rings (SSSR count). The molecule has 0 aliphatic rings. The van der Waals surface area contributed by atoms with Crippen molar-refractivity contribution in [3.8, 4) is 6.07 Å². The highest BCUT2D eigenvalue weighted by atomic mass is 15.1. The molecule has 4 N–H and O–H groups in total. The Morgan fingerprint density at radius 3 is 3.00 bits per heavy atom. The standard InChI is InChI=1S/C14H11N5/c15-7-9-2-1-3-11(4-9)18-14-6-13-10(5-12(14)16)8-17-19-13/h1-6,8,18H,16H2,(H,17,19). The molecule has 0 unspecified atom stereocenters. The summed E-state index contributed by atoms with van der Waals surface area (Å²) >= 11 is 0. The molecule has 1 aromatic heterocycles. The number of aromatic amines is 1. The first-order valence-electron chi connectivity index (χ1n) is 5.76. The Labute approximate surface area is 109 Å². The lowest BCUT2D eigenvalue weighted by atomic mass is 10.2. The molecular formula is C14H11N5. The molecule has 92 valence electrons. The highest BCUT2D eigenvalue weighted by molar-refractivity contribution is 5.89. The van der Waals surface area contributed by atoms with Gasteiger partial charge in [0.2, 0.25) is 0 Å². The number of hydrogen-bond acceptors (Lipinski definition) is 4. The first-order chi connectivity index (χ1) is 9.26. The summed E-state index contributed by atoms with van der Waals surface area (Å²) in [7, 11) is 0. The average Bonchev–Trinajstić information content (AvgIpc) is 2.86. The van der Waals surface area contributed by atoms with Crippen molar-refractivity contribution in [2.45, 2.75) is 0 Å². The quantitative estimate of drug-likeness (QED) is 0.609. The molecular weight excluding hydrogens is 238 g/mol. The van der Waals surface area contributed by atoms with E-state index in [0.717, 1.165) is 22.3 Å². The minimum atomic E-state index is 0.603. The third-order valence-electron chi connectivity index (χ3n) is 2.88. The number of H-pyrrole nitrogens is 1. The number of nitriles is 1. The number of benzene rings is 2. The third-order valence-corrected chi connectivity index (χ3v) is 2.88. The molecule has 0 amide bonds. The lowest BCUT2D eigenvalue weighted by Crippen LogP contribution is -1.96. The van der Waals surface area contributed by atoms with E-state index in [1.54, 1.807) is 18.3 Å². The van der Waals surface area contributed by atoms with E-state index < -0.39 is 0 Å². The van der Waals surface area contributed by atoms with Crippen LogP contribution >= 0.6 is 0 Å². The van der Waals surface area contributed by atoms with Crippen molar-refractivity contribution in [1.29, 1.82) is 5.26 Å². The molecule has 0 atom stereocenters. The summed E-state index contributed by atoms with van der Waals surface area (Å²) in [6.45, 7) is 0. The smallest absolute Gasteiger partial charge is 0.0992 e. The number of anilines is 3. The third kappa shape index (κ3) is 2.07. The molecule has 0 radical (unpaired) electrons. The van der Waals surface area contributed by atoms with Crippen molar-refractivity contribution in [2.75, 3.05) is 11.1 Å². The van der Waals surface area contributed by atoms with Gasteiger partial charge in [0.05, 0.1) is 34.7 Å². The summed E-state index contributed by atoms with van der Waals surface area (Å²) in [6.07, 6.45) is 1.73. The van der Waals surface area contributed by atoms with Gasteiger partial charge in [-0.25, -0.2) is 0 Å². The largest absolute Gasteiger partial charge is 0.397 e. The normalized spacial score (nSPS) is 10.3. The molecule has 19 heavy (non-hydrogen) atoms. The number of hydrogen-bond donors (Lipinski definition) is 3. The maximum absolute atomic E-state index is 8.88. The molecule has 5 heteroatoms. The average molecular weight is 249 g/mol. The minimum Gasteiger partial charge on any atom is -0.397 e. The van der Waals surface area contributed by atoms with Gasteiger partial charge in [-0.1, -0.05) is 6.07 Å². The SMILES string of the molecule is N#Cc1cccc(Nc2cc3[nH]ncc3cc2N)c1. The molecule has 1 heterocycles. The summed E-state index contributed by atoms with van der Waals surface area (Å²) in [5, 5.41) is 19.9. The van der Waals surface area contributed by atoms with E-state index in [-0.39, 0.29) is 0 Å². The Balaban J connectivity index is 2.00. The summed E-state index contributed by atoms with van der Waals surface area (Å²) in [4.78, 5) is 0. The van der Waals surface area contributed by atoms with Gasteiger partial charge in [-0.2, -0.15) is 10.4 Å². The number of nitrogens with two attached hydrogens (primary N) is 1. The predicted molar refractivity (Wildman–Crippen MR) is 74.9 cm³/mol. The van der Waals surface area contributed by atoms with Crippen molar-refractivity contribution in [1.82, 2.24) is 10.2 Å². The zero-order valence-corrected chi connectivity index (χ0v) is 10.0. The van der Waals surface area contributed by atoms with Crippen LogP contribution in [-0.4, -0.2) is 10.2 Å². The van der Waals surface area contributed by atoms with Crippen LogP contribution in [0, 0.1) is 11.3 Å². The predicted octanol–water partition coefficient (Wildman–Crippen LogP) is 2.76. The van der Waals surface area contributed by atoms with E-state index in [2.05, 4.69) is 21.6 Å². The highest BCUT2D eigenvalue weighted by Gasteiger charge is 2.04. The molecule has 0 bridgehead atoms. The Morgan fingerprint density at radius 2 is 2.16 bits per heavy atom. The van der Waals surface area contributed by atoms with Crippen LogP contribution in [0.1, 0.15) is 5.56 Å². The van der Waals surface area contributed by atoms with Gasteiger partial charge in [-0.3, -0.25) is 5.10 Å². The lowest BCUT2D eigenvalue weighted by Gasteiger charge is -2.09. The molecule has 0 saturated carbocycles. The fourth-order valence-electron chi connectivity index (χ4n) is 1.94. The first kappa shape index (κ1) is 11.1. The van der Waals surface area contributed by atoms with Crippen LogP contribution < -0.4 is 11.1 Å². The van der Waals surface area contributed by atoms with E-state index >= 15 is 0 Å². The van der Waals surface area contributed by atoms with Gasteiger partial charge >= 0.3 is 0 Å². The number of nitrogens with zero attached hydrogens (tertiary/aromatic N) is 2. The van der Waals surface area contributed by atoms with Gasteiger partial charge in [0.25, 0.3) is 0 Å². The van der Waals surface area contributed by atoms with Crippen molar-refractivity contribution in [3.05, 3.63) is 48.2 Å².